The quantitative estimate of drug-likeness (QED) is 0.844. The Bertz CT molecular complexity index is 494. The molecule has 0 fully saturated rings. The van der Waals surface area contributed by atoms with Crippen molar-refractivity contribution in [3.8, 4) is 0 Å². The highest BCUT2D eigenvalue weighted by molar-refractivity contribution is 5.82. The normalized spacial score (nSPS) is 19.6. The van der Waals surface area contributed by atoms with Gasteiger partial charge >= 0.3 is 6.18 Å². The molecule has 0 bridgehead atoms. The standard InChI is InChI=1S/C13H14F4N2/c14-10-6-8(5-9(7-10)13(15,16)17)1-2-11-3-4-12(18)19-11/h5-7,11H,1-4H2,(H2,18,19)/t11-/m0/s1. The molecule has 104 valence electrons. The van der Waals surface area contributed by atoms with E-state index in [0.29, 0.717) is 30.3 Å². The number of nitrogens with two attached hydrogens (primary N) is 1. The Morgan fingerprint density at radius 2 is 2.00 bits per heavy atom. The van der Waals surface area contributed by atoms with Crippen LogP contribution in [0.15, 0.2) is 23.2 Å². The third-order valence-corrected chi connectivity index (χ3v) is 3.13. The Kier molecular flexibility index (Phi) is 3.78. The van der Waals surface area contributed by atoms with E-state index < -0.39 is 17.6 Å². The van der Waals surface area contributed by atoms with Gasteiger partial charge in [0.2, 0.25) is 0 Å². The molecular formula is C13H14F4N2. The number of halogens is 4. The van der Waals surface area contributed by atoms with Crippen LogP contribution in [0.4, 0.5) is 17.6 Å². The van der Waals surface area contributed by atoms with Gasteiger partial charge in [0.15, 0.2) is 0 Å². The summed E-state index contributed by atoms with van der Waals surface area (Å²) >= 11 is 0. The smallest absolute Gasteiger partial charge is 0.387 e. The van der Waals surface area contributed by atoms with Crippen LogP contribution < -0.4 is 5.73 Å². The topological polar surface area (TPSA) is 38.4 Å². The lowest BCUT2D eigenvalue weighted by Gasteiger charge is -2.10. The number of amidine groups is 1. The summed E-state index contributed by atoms with van der Waals surface area (Å²) in [5.74, 6) is -0.278. The molecule has 0 spiro atoms. The Labute approximate surface area is 108 Å². The number of alkyl halides is 3. The highest BCUT2D eigenvalue weighted by atomic mass is 19.4. The lowest BCUT2D eigenvalue weighted by molar-refractivity contribution is -0.137. The predicted molar refractivity (Wildman–Crippen MR) is 64.4 cm³/mol. The van der Waals surface area contributed by atoms with Crippen molar-refractivity contribution in [1.82, 2.24) is 0 Å². The van der Waals surface area contributed by atoms with Crippen molar-refractivity contribution in [3.63, 3.8) is 0 Å². The summed E-state index contributed by atoms with van der Waals surface area (Å²) in [4.78, 5) is 4.18. The van der Waals surface area contributed by atoms with E-state index in [4.69, 9.17) is 5.73 Å². The van der Waals surface area contributed by atoms with Crippen molar-refractivity contribution in [2.24, 2.45) is 10.7 Å². The van der Waals surface area contributed by atoms with Crippen molar-refractivity contribution in [2.75, 3.05) is 0 Å². The first-order valence-corrected chi connectivity index (χ1v) is 6.03. The molecule has 0 radical (unpaired) electrons. The molecule has 1 aromatic rings. The van der Waals surface area contributed by atoms with E-state index in [1.165, 1.54) is 0 Å². The Hall–Kier alpha value is -1.59. The van der Waals surface area contributed by atoms with E-state index >= 15 is 0 Å². The van der Waals surface area contributed by atoms with Crippen molar-refractivity contribution >= 4 is 5.84 Å². The van der Waals surface area contributed by atoms with Crippen LogP contribution in [0, 0.1) is 5.82 Å². The first-order valence-electron chi connectivity index (χ1n) is 6.03. The zero-order valence-corrected chi connectivity index (χ0v) is 10.2. The number of aryl methyl sites for hydroxylation is 1. The predicted octanol–water partition coefficient (Wildman–Crippen LogP) is 3.30. The van der Waals surface area contributed by atoms with Gasteiger partial charge in [-0.05, 0) is 43.0 Å². The number of hydrogen-bond acceptors (Lipinski definition) is 2. The van der Waals surface area contributed by atoms with E-state index in [0.717, 1.165) is 25.0 Å². The van der Waals surface area contributed by atoms with E-state index in [1.54, 1.807) is 0 Å². The first-order chi connectivity index (χ1) is 8.84. The van der Waals surface area contributed by atoms with Gasteiger partial charge < -0.3 is 5.73 Å². The number of nitrogens with zero attached hydrogens (tertiary/aromatic N) is 1. The van der Waals surface area contributed by atoms with Gasteiger partial charge in [0.25, 0.3) is 0 Å². The van der Waals surface area contributed by atoms with Crippen LogP contribution in [-0.2, 0) is 12.6 Å². The van der Waals surface area contributed by atoms with Crippen molar-refractivity contribution < 1.29 is 17.6 Å². The van der Waals surface area contributed by atoms with Gasteiger partial charge in [-0.25, -0.2) is 4.39 Å². The maximum Gasteiger partial charge on any atom is 0.416 e. The van der Waals surface area contributed by atoms with E-state index in [-0.39, 0.29) is 6.04 Å². The molecule has 1 heterocycles. The van der Waals surface area contributed by atoms with Crippen LogP contribution in [-0.4, -0.2) is 11.9 Å². The summed E-state index contributed by atoms with van der Waals surface area (Å²) in [5, 5.41) is 0. The summed E-state index contributed by atoms with van der Waals surface area (Å²) in [6, 6.07) is 2.68. The summed E-state index contributed by atoms with van der Waals surface area (Å²) in [6.07, 6.45) is -2.04. The third-order valence-electron chi connectivity index (χ3n) is 3.13. The zero-order chi connectivity index (χ0) is 14.0. The fourth-order valence-electron chi connectivity index (χ4n) is 2.18. The van der Waals surface area contributed by atoms with Crippen LogP contribution in [0.1, 0.15) is 30.4 Å². The molecule has 1 aliphatic heterocycles. The molecule has 0 saturated carbocycles. The number of aliphatic imine (C=N–C) groups is 1. The van der Waals surface area contributed by atoms with Gasteiger partial charge in [-0.3, -0.25) is 4.99 Å². The van der Waals surface area contributed by atoms with Gasteiger partial charge in [0.05, 0.1) is 17.4 Å². The lowest BCUT2D eigenvalue weighted by atomic mass is 10.0. The van der Waals surface area contributed by atoms with Crippen molar-refractivity contribution in [1.29, 1.82) is 0 Å². The monoisotopic (exact) mass is 274 g/mol. The maximum atomic E-state index is 13.2. The third kappa shape index (κ3) is 3.68. The SMILES string of the molecule is NC1=N[C@@H](CCc2cc(F)cc(C(F)(F)F)c2)CC1. The summed E-state index contributed by atoms with van der Waals surface area (Å²) in [6.45, 7) is 0. The minimum atomic E-state index is -4.52. The Morgan fingerprint density at radius 3 is 2.58 bits per heavy atom. The second kappa shape index (κ2) is 5.19. The number of hydrogen-bond donors (Lipinski definition) is 1. The van der Waals surface area contributed by atoms with Crippen LogP contribution in [0.2, 0.25) is 0 Å². The fourth-order valence-corrected chi connectivity index (χ4v) is 2.18. The highest BCUT2D eigenvalue weighted by Gasteiger charge is 2.31. The van der Waals surface area contributed by atoms with Crippen LogP contribution in [0.3, 0.4) is 0 Å². The van der Waals surface area contributed by atoms with E-state index in [9.17, 15) is 17.6 Å². The minimum Gasteiger partial charge on any atom is -0.387 e. The molecule has 2 N–H and O–H groups in total. The average molecular weight is 274 g/mol. The van der Waals surface area contributed by atoms with Crippen LogP contribution in [0.5, 0.6) is 0 Å². The fraction of sp³-hybridized carbons (Fsp3) is 0.462. The van der Waals surface area contributed by atoms with Crippen molar-refractivity contribution in [3.05, 3.63) is 35.1 Å². The molecule has 0 aromatic heterocycles. The molecule has 1 atom stereocenters. The molecule has 1 aliphatic rings. The molecule has 0 saturated heterocycles. The molecule has 0 unspecified atom stereocenters. The molecule has 2 rings (SSSR count). The number of rotatable bonds is 3. The summed E-state index contributed by atoms with van der Waals surface area (Å²) < 4.78 is 50.8. The van der Waals surface area contributed by atoms with E-state index in [2.05, 4.69) is 4.99 Å². The second-order valence-electron chi connectivity index (χ2n) is 4.70. The molecule has 1 aromatic carbocycles. The number of benzene rings is 1. The van der Waals surface area contributed by atoms with Gasteiger partial charge in [0, 0.05) is 6.42 Å². The van der Waals surface area contributed by atoms with E-state index in [1.807, 2.05) is 0 Å². The van der Waals surface area contributed by atoms with Gasteiger partial charge in [-0.1, -0.05) is 0 Å². The van der Waals surface area contributed by atoms with Gasteiger partial charge in [-0.2, -0.15) is 13.2 Å². The highest BCUT2D eigenvalue weighted by Crippen LogP contribution is 2.31. The molecule has 19 heavy (non-hydrogen) atoms. The Morgan fingerprint density at radius 1 is 1.26 bits per heavy atom. The van der Waals surface area contributed by atoms with Crippen molar-refractivity contribution in [2.45, 2.75) is 37.9 Å². The second-order valence-corrected chi connectivity index (χ2v) is 4.70. The summed E-state index contributed by atoms with van der Waals surface area (Å²) in [7, 11) is 0. The molecule has 0 amide bonds. The maximum absolute atomic E-state index is 13.2. The van der Waals surface area contributed by atoms with Crippen LogP contribution in [0.25, 0.3) is 0 Å². The molecule has 2 nitrogen and oxygen atoms in total. The van der Waals surface area contributed by atoms with Gasteiger partial charge in [0.1, 0.15) is 5.82 Å². The summed E-state index contributed by atoms with van der Waals surface area (Å²) in [5.41, 5.74) is 4.93. The van der Waals surface area contributed by atoms with Gasteiger partial charge in [-0.15, -0.1) is 0 Å². The largest absolute Gasteiger partial charge is 0.416 e. The average Bonchev–Trinajstić information content (AvgIpc) is 2.71. The first kappa shape index (κ1) is 13.8. The molecular weight excluding hydrogens is 260 g/mol. The Balaban J connectivity index is 2.06. The molecule has 6 heteroatoms. The lowest BCUT2D eigenvalue weighted by Crippen LogP contribution is -2.08. The molecule has 0 aliphatic carbocycles. The van der Waals surface area contributed by atoms with Crippen LogP contribution >= 0.6 is 0 Å². The zero-order valence-electron chi connectivity index (χ0n) is 10.2. The minimum absolute atomic E-state index is 0.0394.